The molecule has 1 heterocycles. The summed E-state index contributed by atoms with van der Waals surface area (Å²) >= 11 is 0. The molecule has 2 N–H and O–H groups in total. The molecule has 0 aliphatic heterocycles. The van der Waals surface area contributed by atoms with Gasteiger partial charge < -0.3 is 20.1 Å². The zero-order chi connectivity index (χ0) is 18.6. The van der Waals surface area contributed by atoms with Crippen LogP contribution in [0.25, 0.3) is 0 Å². The number of nitrogens with one attached hydrogen (secondary N) is 2. The van der Waals surface area contributed by atoms with Crippen molar-refractivity contribution < 1.29 is 9.47 Å². The molecule has 0 aliphatic carbocycles. The second-order valence-corrected chi connectivity index (χ2v) is 5.88. The maximum atomic E-state index is 5.83. The van der Waals surface area contributed by atoms with Gasteiger partial charge in [-0.3, -0.25) is 9.98 Å². The van der Waals surface area contributed by atoms with Crippen molar-refractivity contribution in [2.75, 3.05) is 33.9 Å². The molecule has 2 aromatic rings. The van der Waals surface area contributed by atoms with Gasteiger partial charge in [0, 0.05) is 51.1 Å². The monoisotopic (exact) mass is 484 g/mol. The Bertz CT molecular complexity index is 696. The number of aryl methyl sites for hydroxylation is 1. The summed E-state index contributed by atoms with van der Waals surface area (Å²) < 4.78 is 10.9. The van der Waals surface area contributed by atoms with Crippen LogP contribution in [-0.2, 0) is 17.7 Å². The maximum absolute atomic E-state index is 5.83. The normalized spacial score (nSPS) is 10.9. The number of pyridine rings is 1. The number of halogens is 1. The number of benzene rings is 1. The Kier molecular flexibility index (Phi) is 11.4. The highest BCUT2D eigenvalue weighted by molar-refractivity contribution is 14.0. The quantitative estimate of drug-likeness (QED) is 0.248. The molecule has 0 unspecified atom stereocenters. The Morgan fingerprint density at radius 2 is 2.00 bits per heavy atom. The summed E-state index contributed by atoms with van der Waals surface area (Å²) in [6.07, 6.45) is 2.66. The predicted octanol–water partition coefficient (Wildman–Crippen LogP) is 2.94. The van der Waals surface area contributed by atoms with E-state index >= 15 is 0 Å². The molecule has 6 nitrogen and oxygen atoms in total. The lowest BCUT2D eigenvalue weighted by molar-refractivity contribution is 0.145. The number of nitrogens with zero attached hydrogens (tertiary/aromatic N) is 2. The highest BCUT2D eigenvalue weighted by atomic mass is 127. The molecule has 0 saturated heterocycles. The van der Waals surface area contributed by atoms with Crippen molar-refractivity contribution in [3.05, 3.63) is 59.4 Å². The van der Waals surface area contributed by atoms with Gasteiger partial charge in [-0.05, 0) is 30.7 Å². The Hall–Kier alpha value is -1.87. The molecule has 0 aliphatic rings. The minimum atomic E-state index is 0. The van der Waals surface area contributed by atoms with Crippen LogP contribution in [0, 0.1) is 6.92 Å². The van der Waals surface area contributed by atoms with E-state index in [-0.39, 0.29) is 24.0 Å². The van der Waals surface area contributed by atoms with Crippen LogP contribution in [0.2, 0.25) is 0 Å². The summed E-state index contributed by atoms with van der Waals surface area (Å²) in [5.41, 5.74) is 3.31. The Balaban J connectivity index is 0.00000364. The summed E-state index contributed by atoms with van der Waals surface area (Å²) in [5, 5.41) is 6.64. The van der Waals surface area contributed by atoms with Gasteiger partial charge in [-0.15, -0.1) is 24.0 Å². The topological polar surface area (TPSA) is 67.8 Å². The molecule has 7 heteroatoms. The van der Waals surface area contributed by atoms with Gasteiger partial charge in [-0.2, -0.15) is 0 Å². The van der Waals surface area contributed by atoms with Crippen molar-refractivity contribution in [2.24, 2.45) is 4.99 Å². The first kappa shape index (κ1) is 23.2. The molecule has 1 aromatic carbocycles. The Morgan fingerprint density at radius 3 is 2.70 bits per heavy atom. The summed E-state index contributed by atoms with van der Waals surface area (Å²) in [4.78, 5) is 8.59. The highest BCUT2D eigenvalue weighted by Crippen LogP contribution is 2.20. The Labute approximate surface area is 178 Å². The van der Waals surface area contributed by atoms with Gasteiger partial charge >= 0.3 is 0 Å². The van der Waals surface area contributed by atoms with Gasteiger partial charge in [0.15, 0.2) is 5.96 Å². The molecule has 2 rings (SSSR count). The molecule has 0 saturated carbocycles. The van der Waals surface area contributed by atoms with Crippen LogP contribution in [0.1, 0.15) is 16.8 Å². The second-order valence-electron chi connectivity index (χ2n) is 5.88. The standard InChI is InChI=1S/C20H28N4O2.HI/c1-16-7-8-17(19(14-16)26-13-12-25-3)15-24-20(21-2)23-11-9-18-6-4-5-10-22-18;/h4-8,10,14H,9,11-13,15H2,1-3H3,(H2,21,23,24);1H. The molecule has 0 spiro atoms. The van der Waals surface area contributed by atoms with Gasteiger partial charge in [-0.1, -0.05) is 18.2 Å². The summed E-state index contributed by atoms with van der Waals surface area (Å²) in [7, 11) is 3.43. The second kappa shape index (κ2) is 13.3. The van der Waals surface area contributed by atoms with Crippen LogP contribution < -0.4 is 15.4 Å². The van der Waals surface area contributed by atoms with Gasteiger partial charge in [0.25, 0.3) is 0 Å². The molecule has 0 bridgehead atoms. The van der Waals surface area contributed by atoms with Crippen LogP contribution in [0.15, 0.2) is 47.6 Å². The third-order valence-corrected chi connectivity index (χ3v) is 3.84. The molecule has 0 radical (unpaired) electrons. The van der Waals surface area contributed by atoms with E-state index < -0.39 is 0 Å². The highest BCUT2D eigenvalue weighted by Gasteiger charge is 2.06. The number of rotatable bonds is 9. The lowest BCUT2D eigenvalue weighted by Gasteiger charge is -2.15. The van der Waals surface area contributed by atoms with Crippen molar-refractivity contribution in [1.29, 1.82) is 0 Å². The molecule has 0 atom stereocenters. The SMILES string of the molecule is CN=C(NCCc1ccccn1)NCc1ccc(C)cc1OCCOC.I. The zero-order valence-electron chi connectivity index (χ0n) is 16.2. The first-order chi connectivity index (χ1) is 12.7. The largest absolute Gasteiger partial charge is 0.491 e. The first-order valence-electron chi connectivity index (χ1n) is 8.78. The molecule has 1 aromatic heterocycles. The van der Waals surface area contributed by atoms with Crippen LogP contribution in [0.4, 0.5) is 0 Å². The number of ether oxygens (including phenoxy) is 2. The van der Waals surface area contributed by atoms with Crippen LogP contribution in [-0.4, -0.2) is 44.9 Å². The Morgan fingerprint density at radius 1 is 1.15 bits per heavy atom. The van der Waals surface area contributed by atoms with Crippen molar-refractivity contribution in [2.45, 2.75) is 19.9 Å². The molecule has 0 amide bonds. The lowest BCUT2D eigenvalue weighted by atomic mass is 10.1. The number of hydrogen-bond donors (Lipinski definition) is 2. The van der Waals surface area contributed by atoms with Gasteiger partial charge in [0.1, 0.15) is 12.4 Å². The average Bonchev–Trinajstić information content (AvgIpc) is 2.66. The van der Waals surface area contributed by atoms with Crippen molar-refractivity contribution in [1.82, 2.24) is 15.6 Å². The van der Waals surface area contributed by atoms with E-state index in [1.165, 1.54) is 5.56 Å². The van der Waals surface area contributed by atoms with E-state index in [1.807, 2.05) is 30.5 Å². The summed E-state index contributed by atoms with van der Waals surface area (Å²) in [6, 6.07) is 12.1. The number of aromatic nitrogens is 1. The van der Waals surface area contributed by atoms with Gasteiger partial charge in [0.2, 0.25) is 0 Å². The number of methoxy groups -OCH3 is 1. The fraction of sp³-hybridized carbons (Fsp3) is 0.400. The van der Waals surface area contributed by atoms with E-state index in [1.54, 1.807) is 14.2 Å². The minimum Gasteiger partial charge on any atom is -0.491 e. The van der Waals surface area contributed by atoms with E-state index in [4.69, 9.17) is 9.47 Å². The first-order valence-corrected chi connectivity index (χ1v) is 8.78. The molecule has 27 heavy (non-hydrogen) atoms. The number of aliphatic imine (C=N–C) groups is 1. The van der Waals surface area contributed by atoms with E-state index in [0.29, 0.717) is 19.8 Å². The number of hydrogen-bond acceptors (Lipinski definition) is 4. The van der Waals surface area contributed by atoms with Gasteiger partial charge in [0.05, 0.1) is 6.61 Å². The molecular weight excluding hydrogens is 455 g/mol. The summed E-state index contributed by atoms with van der Waals surface area (Å²) in [6.45, 7) is 4.55. The lowest BCUT2D eigenvalue weighted by Crippen LogP contribution is -2.38. The van der Waals surface area contributed by atoms with Crippen LogP contribution in [0.5, 0.6) is 5.75 Å². The fourth-order valence-electron chi connectivity index (χ4n) is 2.43. The van der Waals surface area contributed by atoms with Crippen molar-refractivity contribution in [3.63, 3.8) is 0 Å². The average molecular weight is 484 g/mol. The molecular formula is C20H29IN4O2. The van der Waals surface area contributed by atoms with E-state index in [0.717, 1.165) is 35.9 Å². The maximum Gasteiger partial charge on any atom is 0.191 e. The predicted molar refractivity (Wildman–Crippen MR) is 120 cm³/mol. The molecule has 0 fully saturated rings. The van der Waals surface area contributed by atoms with Crippen molar-refractivity contribution in [3.8, 4) is 5.75 Å². The van der Waals surface area contributed by atoms with Crippen LogP contribution >= 0.6 is 24.0 Å². The zero-order valence-corrected chi connectivity index (χ0v) is 18.5. The van der Waals surface area contributed by atoms with Crippen LogP contribution in [0.3, 0.4) is 0 Å². The van der Waals surface area contributed by atoms with Crippen molar-refractivity contribution >= 4 is 29.9 Å². The third-order valence-electron chi connectivity index (χ3n) is 3.84. The van der Waals surface area contributed by atoms with Gasteiger partial charge in [-0.25, -0.2) is 0 Å². The third kappa shape index (κ3) is 8.57. The molecule has 148 valence electrons. The fourth-order valence-corrected chi connectivity index (χ4v) is 2.43. The smallest absolute Gasteiger partial charge is 0.191 e. The summed E-state index contributed by atoms with van der Waals surface area (Å²) in [5.74, 6) is 1.63. The minimum absolute atomic E-state index is 0. The van der Waals surface area contributed by atoms with E-state index in [2.05, 4.69) is 39.7 Å². The number of guanidine groups is 1. The van der Waals surface area contributed by atoms with E-state index in [9.17, 15) is 0 Å².